The van der Waals surface area contributed by atoms with Gasteiger partial charge in [-0.3, -0.25) is 9.59 Å². The first-order valence-electron chi connectivity index (χ1n) is 9.04. The number of benzene rings is 1. The number of likely N-dealkylation sites (tertiary alicyclic amines) is 1. The van der Waals surface area contributed by atoms with Crippen molar-refractivity contribution in [3.05, 3.63) is 64.1 Å². The molecule has 1 unspecified atom stereocenters. The molecule has 0 radical (unpaired) electrons. The van der Waals surface area contributed by atoms with Gasteiger partial charge in [-0.25, -0.2) is 0 Å². The summed E-state index contributed by atoms with van der Waals surface area (Å²) in [6.45, 7) is 4.30. The number of rotatable bonds is 6. The predicted octanol–water partition coefficient (Wildman–Crippen LogP) is 4.85. The SMILES string of the molecule is CCCCCN1C(=O)C(=O)/C(=C(\O)c2ccc(Cl)cc2)C1c1ccc(C)o1. The van der Waals surface area contributed by atoms with Crippen LogP contribution in [0.25, 0.3) is 5.76 Å². The molecule has 1 fully saturated rings. The Bertz CT molecular complexity index is 882. The Balaban J connectivity index is 2.09. The first-order valence-corrected chi connectivity index (χ1v) is 9.42. The molecule has 1 aliphatic heterocycles. The number of carbonyl (C=O) groups is 2. The van der Waals surface area contributed by atoms with E-state index in [1.807, 2.05) is 0 Å². The van der Waals surface area contributed by atoms with E-state index in [0.717, 1.165) is 19.3 Å². The van der Waals surface area contributed by atoms with Crippen LogP contribution >= 0.6 is 11.6 Å². The van der Waals surface area contributed by atoms with Crippen LogP contribution in [-0.2, 0) is 9.59 Å². The first kappa shape index (κ1) is 19.2. The second-order valence-corrected chi connectivity index (χ2v) is 7.09. The number of carbonyl (C=O) groups excluding carboxylic acids is 2. The quantitative estimate of drug-likeness (QED) is 0.333. The van der Waals surface area contributed by atoms with Crippen molar-refractivity contribution in [2.75, 3.05) is 6.54 Å². The minimum absolute atomic E-state index is 0.0492. The number of nitrogens with zero attached hydrogens (tertiary/aromatic N) is 1. The Morgan fingerprint density at radius 3 is 2.44 bits per heavy atom. The van der Waals surface area contributed by atoms with Crippen LogP contribution in [-0.4, -0.2) is 28.2 Å². The molecule has 1 amide bonds. The van der Waals surface area contributed by atoms with E-state index in [4.69, 9.17) is 16.0 Å². The lowest BCUT2D eigenvalue weighted by Gasteiger charge is -2.23. The lowest BCUT2D eigenvalue weighted by Crippen LogP contribution is -2.30. The summed E-state index contributed by atoms with van der Waals surface area (Å²) in [5.74, 6) is -0.380. The molecule has 142 valence electrons. The van der Waals surface area contributed by atoms with Crippen molar-refractivity contribution < 1.29 is 19.1 Å². The summed E-state index contributed by atoms with van der Waals surface area (Å²) in [6.07, 6.45) is 2.73. The molecule has 1 N–H and O–H groups in total. The minimum atomic E-state index is -0.730. The van der Waals surface area contributed by atoms with Gasteiger partial charge in [0.1, 0.15) is 23.3 Å². The normalized spacial score (nSPS) is 19.1. The number of halogens is 1. The van der Waals surface area contributed by atoms with Gasteiger partial charge in [0.05, 0.1) is 5.57 Å². The molecule has 3 rings (SSSR count). The zero-order chi connectivity index (χ0) is 19.6. The first-order chi connectivity index (χ1) is 12.9. The smallest absolute Gasteiger partial charge is 0.295 e. The van der Waals surface area contributed by atoms with E-state index in [1.165, 1.54) is 4.90 Å². The van der Waals surface area contributed by atoms with Gasteiger partial charge < -0.3 is 14.4 Å². The highest BCUT2D eigenvalue weighted by molar-refractivity contribution is 6.46. The molecule has 6 heteroatoms. The number of ketones is 1. The third-order valence-electron chi connectivity index (χ3n) is 4.69. The van der Waals surface area contributed by atoms with Crippen molar-refractivity contribution in [2.45, 2.75) is 39.2 Å². The van der Waals surface area contributed by atoms with Gasteiger partial charge in [-0.2, -0.15) is 0 Å². The number of Topliss-reactive ketones (excluding diaryl/α,β-unsaturated/α-hetero) is 1. The molecule has 1 saturated heterocycles. The summed E-state index contributed by atoms with van der Waals surface area (Å²) >= 11 is 5.91. The molecule has 27 heavy (non-hydrogen) atoms. The number of aliphatic hydroxyl groups excluding tert-OH is 1. The number of hydrogen-bond acceptors (Lipinski definition) is 4. The van der Waals surface area contributed by atoms with Gasteiger partial charge in [-0.15, -0.1) is 0 Å². The Morgan fingerprint density at radius 1 is 1.15 bits per heavy atom. The molecule has 0 spiro atoms. The molecule has 0 bridgehead atoms. The number of aryl methyl sites for hydroxylation is 1. The monoisotopic (exact) mass is 387 g/mol. The fraction of sp³-hybridized carbons (Fsp3) is 0.333. The molecule has 1 aromatic heterocycles. The van der Waals surface area contributed by atoms with Gasteiger partial charge in [0.2, 0.25) is 0 Å². The van der Waals surface area contributed by atoms with Crippen LogP contribution in [0, 0.1) is 6.92 Å². The largest absolute Gasteiger partial charge is 0.507 e. The van der Waals surface area contributed by atoms with Crippen LogP contribution < -0.4 is 0 Å². The van der Waals surface area contributed by atoms with Crippen LogP contribution in [0.5, 0.6) is 0 Å². The molecule has 1 aromatic carbocycles. The topological polar surface area (TPSA) is 70.8 Å². The molecular formula is C21H22ClNO4. The zero-order valence-electron chi connectivity index (χ0n) is 15.4. The predicted molar refractivity (Wildman–Crippen MR) is 103 cm³/mol. The number of unbranched alkanes of at least 4 members (excludes halogenated alkanes) is 2. The Hall–Kier alpha value is -2.53. The van der Waals surface area contributed by atoms with E-state index >= 15 is 0 Å². The van der Waals surface area contributed by atoms with Gasteiger partial charge in [0, 0.05) is 17.1 Å². The van der Waals surface area contributed by atoms with Crippen LogP contribution in [0.2, 0.25) is 5.02 Å². The highest BCUT2D eigenvalue weighted by Gasteiger charge is 2.47. The van der Waals surface area contributed by atoms with E-state index < -0.39 is 17.7 Å². The Morgan fingerprint density at radius 2 is 1.85 bits per heavy atom. The number of hydrogen-bond donors (Lipinski definition) is 1. The number of aliphatic hydroxyl groups is 1. The third kappa shape index (κ3) is 3.78. The fourth-order valence-corrected chi connectivity index (χ4v) is 3.43. The van der Waals surface area contributed by atoms with E-state index in [1.54, 1.807) is 43.3 Å². The molecule has 5 nitrogen and oxygen atoms in total. The van der Waals surface area contributed by atoms with E-state index in [-0.39, 0.29) is 11.3 Å². The molecule has 0 aliphatic carbocycles. The summed E-state index contributed by atoms with van der Waals surface area (Å²) < 4.78 is 5.72. The van der Waals surface area contributed by atoms with Crippen molar-refractivity contribution in [3.63, 3.8) is 0 Å². The summed E-state index contributed by atoms with van der Waals surface area (Å²) in [5.41, 5.74) is 0.479. The van der Waals surface area contributed by atoms with Gasteiger partial charge in [0.25, 0.3) is 11.7 Å². The highest BCUT2D eigenvalue weighted by atomic mass is 35.5. The fourth-order valence-electron chi connectivity index (χ4n) is 3.30. The number of furan rings is 1. The minimum Gasteiger partial charge on any atom is -0.507 e. The van der Waals surface area contributed by atoms with Crippen LogP contribution in [0.3, 0.4) is 0 Å². The van der Waals surface area contributed by atoms with Crippen LogP contribution in [0.1, 0.15) is 49.3 Å². The van der Waals surface area contributed by atoms with E-state index in [9.17, 15) is 14.7 Å². The van der Waals surface area contributed by atoms with Crippen molar-refractivity contribution >= 4 is 29.1 Å². The van der Waals surface area contributed by atoms with Crippen molar-refractivity contribution in [3.8, 4) is 0 Å². The number of amides is 1. The second-order valence-electron chi connectivity index (χ2n) is 6.65. The second kappa shape index (κ2) is 8.01. The Kier molecular flexibility index (Phi) is 5.71. The van der Waals surface area contributed by atoms with Gasteiger partial charge >= 0.3 is 0 Å². The van der Waals surface area contributed by atoms with Crippen molar-refractivity contribution in [1.82, 2.24) is 4.90 Å². The molecule has 1 atom stereocenters. The van der Waals surface area contributed by atoms with Gasteiger partial charge in [-0.1, -0.05) is 31.4 Å². The van der Waals surface area contributed by atoms with Gasteiger partial charge in [0.15, 0.2) is 0 Å². The Labute approximate surface area is 163 Å². The standard InChI is InChI=1S/C21H22ClNO4/c1-3-4-5-12-23-18(16-11-6-13(2)27-16)17(20(25)21(23)26)19(24)14-7-9-15(22)10-8-14/h6-11,18,24H,3-5,12H2,1-2H3/b19-17-. The average molecular weight is 388 g/mol. The molecular weight excluding hydrogens is 366 g/mol. The van der Waals surface area contributed by atoms with Crippen molar-refractivity contribution in [2.24, 2.45) is 0 Å². The molecule has 2 aromatic rings. The third-order valence-corrected chi connectivity index (χ3v) is 4.94. The highest BCUT2D eigenvalue weighted by Crippen LogP contribution is 2.40. The molecule has 2 heterocycles. The van der Waals surface area contributed by atoms with Gasteiger partial charge in [-0.05, 0) is 49.7 Å². The maximum Gasteiger partial charge on any atom is 0.295 e. The lowest BCUT2D eigenvalue weighted by molar-refractivity contribution is -0.140. The average Bonchev–Trinajstić information content (AvgIpc) is 3.18. The maximum atomic E-state index is 12.7. The summed E-state index contributed by atoms with van der Waals surface area (Å²) in [5, 5.41) is 11.3. The van der Waals surface area contributed by atoms with E-state index in [0.29, 0.717) is 28.7 Å². The summed E-state index contributed by atoms with van der Waals surface area (Å²) in [4.78, 5) is 26.9. The zero-order valence-corrected chi connectivity index (χ0v) is 16.1. The summed E-state index contributed by atoms with van der Waals surface area (Å²) in [7, 11) is 0. The van der Waals surface area contributed by atoms with Crippen molar-refractivity contribution in [1.29, 1.82) is 0 Å². The van der Waals surface area contributed by atoms with Crippen LogP contribution in [0.15, 0.2) is 46.4 Å². The molecule has 1 aliphatic rings. The lowest BCUT2D eigenvalue weighted by atomic mass is 9.99. The maximum absolute atomic E-state index is 12.7. The molecule has 0 saturated carbocycles. The van der Waals surface area contributed by atoms with Crippen LogP contribution in [0.4, 0.5) is 0 Å². The summed E-state index contributed by atoms with van der Waals surface area (Å²) in [6, 6.07) is 9.28. The van der Waals surface area contributed by atoms with E-state index in [2.05, 4.69) is 6.92 Å².